The Morgan fingerprint density at radius 1 is 0.979 bits per heavy atom. The highest BCUT2D eigenvalue weighted by molar-refractivity contribution is 7.86. The maximum atomic E-state index is 15.0. The van der Waals surface area contributed by atoms with E-state index in [9.17, 15) is 50.4 Å². The number of aliphatic carboxylic acids is 1. The molecule has 0 aromatic rings. The van der Waals surface area contributed by atoms with E-state index in [1.54, 1.807) is 6.92 Å². The van der Waals surface area contributed by atoms with Crippen LogP contribution in [0.2, 0.25) is 0 Å². The van der Waals surface area contributed by atoms with Gasteiger partial charge in [-0.15, -0.1) is 0 Å². The second kappa shape index (κ2) is 12.7. The number of fused-ring (bicyclic) bond motifs is 5. The van der Waals surface area contributed by atoms with Crippen LogP contribution < -0.4 is 0 Å². The summed E-state index contributed by atoms with van der Waals surface area (Å²) in [7, 11) is -6.63. The first kappa shape index (κ1) is 37.3. The van der Waals surface area contributed by atoms with E-state index in [0.29, 0.717) is 25.7 Å². The molecule has 47 heavy (non-hydrogen) atoms. The summed E-state index contributed by atoms with van der Waals surface area (Å²) in [5, 5.41) is 3.49. The van der Waals surface area contributed by atoms with Crippen LogP contribution in [0.25, 0.3) is 0 Å². The van der Waals surface area contributed by atoms with Gasteiger partial charge in [-0.1, -0.05) is 20.8 Å². The van der Waals surface area contributed by atoms with Crippen molar-refractivity contribution in [1.82, 2.24) is 0 Å². The number of rotatable bonds is 13. The number of alkyl halides is 5. The zero-order chi connectivity index (χ0) is 35.4. The summed E-state index contributed by atoms with van der Waals surface area (Å²) in [5.41, 5.74) is -4.74. The fraction of sp³-hybridized carbons (Fsp3) is 0.867. The van der Waals surface area contributed by atoms with Gasteiger partial charge in [0.15, 0.2) is 5.92 Å². The zero-order valence-electron chi connectivity index (χ0n) is 26.2. The highest BCUT2D eigenvalue weighted by Crippen LogP contribution is 2.71. The van der Waals surface area contributed by atoms with Crippen LogP contribution in [0.3, 0.4) is 0 Å². The van der Waals surface area contributed by atoms with E-state index in [-0.39, 0.29) is 49.9 Å². The van der Waals surface area contributed by atoms with Crippen LogP contribution in [0.4, 0.5) is 22.0 Å². The van der Waals surface area contributed by atoms with E-state index in [0.717, 1.165) is 0 Å². The summed E-state index contributed by atoms with van der Waals surface area (Å²) >= 11 is 0. The lowest BCUT2D eigenvalue weighted by Crippen LogP contribution is -2.67. The van der Waals surface area contributed by atoms with Gasteiger partial charge < -0.3 is 19.3 Å². The molecule has 0 radical (unpaired) electrons. The Balaban J connectivity index is 1.79. The average Bonchev–Trinajstić information content (AvgIpc) is 3.30. The van der Waals surface area contributed by atoms with Crippen LogP contribution in [0, 0.1) is 52.3 Å². The van der Waals surface area contributed by atoms with Crippen molar-refractivity contribution in [3.05, 3.63) is 0 Å². The summed E-state index contributed by atoms with van der Waals surface area (Å²) in [6, 6.07) is 0. The molecule has 4 saturated carbocycles. The molecule has 4 aliphatic carbocycles. The van der Waals surface area contributed by atoms with E-state index in [1.807, 2.05) is 13.8 Å². The van der Waals surface area contributed by atoms with Gasteiger partial charge >= 0.3 is 27.5 Å². The lowest BCUT2D eigenvalue weighted by Gasteiger charge is -2.65. The number of hydrogen-bond acceptors (Lipinski definition) is 9. The summed E-state index contributed by atoms with van der Waals surface area (Å²) in [6.45, 7) is 5.69. The van der Waals surface area contributed by atoms with E-state index < -0.39 is 99.1 Å². The quantitative estimate of drug-likeness (QED) is 0.114. The molecule has 268 valence electrons. The van der Waals surface area contributed by atoms with Crippen molar-refractivity contribution in [3.8, 4) is 0 Å². The first-order chi connectivity index (χ1) is 21.7. The standard InChI is InChI=1S/C30H41F5O11S/c1-16(4-7-23(39)40)18-5-6-19-24-20(11-22(45-14-37)27(18,19)3)26(2)8-9-28(46-15-38,12-17(26)10-21(24)44-13-36)25(29(31,32)33)30(34,35)47(41,42)43/h13-22,24-25H,4-12H2,1-3H3,(H,39,40)(H,41,42,43)/t16-,17?,18-,19?,20?,21?,22?,24?,25?,26+,27-,28?/m1/s1. The molecule has 0 aliphatic heterocycles. The van der Waals surface area contributed by atoms with Gasteiger partial charge in [0.1, 0.15) is 17.8 Å². The zero-order valence-corrected chi connectivity index (χ0v) is 27.0. The topological polar surface area (TPSA) is 171 Å². The molecular formula is C30H41F5O11S. The Hall–Kier alpha value is -2.56. The number of carboxylic acids is 1. The van der Waals surface area contributed by atoms with E-state index in [1.165, 1.54) is 0 Å². The third kappa shape index (κ3) is 6.12. The van der Waals surface area contributed by atoms with Crippen LogP contribution >= 0.6 is 0 Å². The molecule has 4 fully saturated rings. The van der Waals surface area contributed by atoms with E-state index in [4.69, 9.17) is 14.2 Å². The molecular weight excluding hydrogens is 663 g/mol. The smallest absolute Gasteiger partial charge is 0.402 e. The minimum Gasteiger partial charge on any atom is -0.481 e. The first-order valence-corrected chi connectivity index (χ1v) is 17.0. The van der Waals surface area contributed by atoms with Crippen LogP contribution in [0.15, 0.2) is 0 Å². The molecule has 0 aromatic carbocycles. The van der Waals surface area contributed by atoms with Gasteiger partial charge in [0.25, 0.3) is 19.4 Å². The highest BCUT2D eigenvalue weighted by Gasteiger charge is 2.75. The normalized spacial score (nSPS) is 40.1. The maximum absolute atomic E-state index is 15.0. The van der Waals surface area contributed by atoms with E-state index >= 15 is 8.78 Å². The fourth-order valence-electron chi connectivity index (χ4n) is 10.6. The summed E-state index contributed by atoms with van der Waals surface area (Å²) in [5.74, 6) is -7.34. The summed E-state index contributed by atoms with van der Waals surface area (Å²) in [6.07, 6.45) is -7.95. The molecule has 0 aromatic heterocycles. The van der Waals surface area contributed by atoms with Crippen LogP contribution in [0.1, 0.15) is 78.6 Å². The van der Waals surface area contributed by atoms with Crippen molar-refractivity contribution in [1.29, 1.82) is 0 Å². The van der Waals surface area contributed by atoms with Crippen molar-refractivity contribution in [2.75, 3.05) is 0 Å². The van der Waals surface area contributed by atoms with Gasteiger partial charge in [0, 0.05) is 17.8 Å². The summed E-state index contributed by atoms with van der Waals surface area (Å²) < 4.78 is 122. The minimum absolute atomic E-state index is 0.0690. The molecule has 0 amide bonds. The lowest BCUT2D eigenvalue weighted by atomic mass is 9.42. The Kier molecular flexibility index (Phi) is 10.1. The molecule has 0 saturated heterocycles. The second-order valence-electron chi connectivity index (χ2n) is 14.4. The Morgan fingerprint density at radius 2 is 1.62 bits per heavy atom. The molecule has 17 heteroatoms. The number of carbonyl (C=O) groups excluding carboxylic acids is 3. The number of hydrogen-bond donors (Lipinski definition) is 2. The molecule has 4 rings (SSSR count). The lowest BCUT2D eigenvalue weighted by molar-refractivity contribution is -0.294. The second-order valence-corrected chi connectivity index (χ2v) is 15.9. The average molecular weight is 705 g/mol. The molecule has 0 heterocycles. The third-order valence-electron chi connectivity index (χ3n) is 12.6. The fourth-order valence-corrected chi connectivity index (χ4v) is 11.3. The molecule has 12 atom stereocenters. The highest BCUT2D eigenvalue weighted by atomic mass is 32.2. The predicted octanol–water partition coefficient (Wildman–Crippen LogP) is 5.02. The van der Waals surface area contributed by atoms with Crippen molar-refractivity contribution in [2.24, 2.45) is 52.3 Å². The van der Waals surface area contributed by atoms with Gasteiger partial charge in [0.05, 0.1) is 0 Å². The molecule has 11 nitrogen and oxygen atoms in total. The van der Waals surface area contributed by atoms with Crippen molar-refractivity contribution < 1.29 is 73.4 Å². The van der Waals surface area contributed by atoms with Crippen molar-refractivity contribution >= 4 is 35.5 Å². The number of ether oxygens (including phenoxy) is 3. The van der Waals surface area contributed by atoms with Gasteiger partial charge in [0.2, 0.25) is 0 Å². The van der Waals surface area contributed by atoms with Gasteiger partial charge in [-0.25, -0.2) is 0 Å². The summed E-state index contributed by atoms with van der Waals surface area (Å²) in [4.78, 5) is 46.5. The Labute approximate surface area is 269 Å². The number of halogens is 5. The maximum Gasteiger partial charge on any atom is 0.402 e. The van der Waals surface area contributed by atoms with Crippen LogP contribution in [-0.2, 0) is 43.5 Å². The van der Waals surface area contributed by atoms with Gasteiger partial charge in [-0.3, -0.25) is 23.7 Å². The van der Waals surface area contributed by atoms with Crippen LogP contribution in [0.5, 0.6) is 0 Å². The largest absolute Gasteiger partial charge is 0.481 e. The first-order valence-electron chi connectivity index (χ1n) is 15.6. The Bertz CT molecular complexity index is 1330. The molecule has 0 bridgehead atoms. The van der Waals surface area contributed by atoms with E-state index in [2.05, 4.69) is 0 Å². The SMILES string of the molecule is C[C@H](CCC(=O)O)[C@H]1CCC2C3C(OC=O)CC4CC(OC=O)(C(C(F)(F)F)C(F)(F)S(=O)(=O)O)CC[C@]4(C)C3CC(OC=O)[C@@]21C. The van der Waals surface area contributed by atoms with Gasteiger partial charge in [-0.05, 0) is 86.4 Å². The van der Waals surface area contributed by atoms with Crippen molar-refractivity contribution in [3.63, 3.8) is 0 Å². The minimum atomic E-state index is -6.63. The molecule has 0 spiro atoms. The molecule has 4 aliphatic rings. The predicted molar refractivity (Wildman–Crippen MR) is 150 cm³/mol. The Morgan fingerprint density at radius 3 is 2.15 bits per heavy atom. The molecule has 2 N–H and O–H groups in total. The number of carbonyl (C=O) groups is 4. The van der Waals surface area contributed by atoms with Crippen LogP contribution in [-0.4, -0.2) is 72.7 Å². The van der Waals surface area contributed by atoms with Gasteiger partial charge in [-0.2, -0.15) is 30.4 Å². The third-order valence-corrected chi connectivity index (χ3v) is 13.6. The number of carboxylic acid groups (broad SMARTS) is 1. The van der Waals surface area contributed by atoms with Crippen molar-refractivity contribution in [2.45, 2.75) is 108 Å². The molecule has 8 unspecified atom stereocenters. The monoisotopic (exact) mass is 704 g/mol.